The summed E-state index contributed by atoms with van der Waals surface area (Å²) < 4.78 is 14.4. The molecule has 0 bridgehead atoms. The number of nitrogens with one attached hydrogen (secondary N) is 1. The molecule has 2 aromatic heterocycles. The summed E-state index contributed by atoms with van der Waals surface area (Å²) in [4.78, 5) is 31.6. The third-order valence-corrected chi connectivity index (χ3v) is 5.22. The van der Waals surface area contributed by atoms with E-state index in [2.05, 4.69) is 10.3 Å². The SMILES string of the molecule is CCc1cc2c(=O)n(C(C)C(=O)Nc3ccc(F)cc3)c(C)nc2s1. The summed E-state index contributed by atoms with van der Waals surface area (Å²) in [7, 11) is 0. The van der Waals surface area contributed by atoms with E-state index in [0.29, 0.717) is 21.7 Å². The molecule has 0 saturated heterocycles. The molecule has 3 aromatic rings. The van der Waals surface area contributed by atoms with Crippen molar-refractivity contribution in [2.24, 2.45) is 0 Å². The summed E-state index contributed by atoms with van der Waals surface area (Å²) in [6.07, 6.45) is 0.833. The van der Waals surface area contributed by atoms with Gasteiger partial charge in [0.15, 0.2) is 0 Å². The third-order valence-electron chi connectivity index (χ3n) is 4.05. The molecule has 1 N–H and O–H groups in total. The van der Waals surface area contributed by atoms with Crippen LogP contribution < -0.4 is 10.9 Å². The Morgan fingerprint density at radius 2 is 2.04 bits per heavy atom. The molecule has 2 heterocycles. The van der Waals surface area contributed by atoms with Gasteiger partial charge in [-0.3, -0.25) is 14.2 Å². The van der Waals surface area contributed by atoms with Crippen LogP contribution in [0.15, 0.2) is 35.1 Å². The van der Waals surface area contributed by atoms with Crippen LogP contribution in [0.1, 0.15) is 30.6 Å². The van der Waals surface area contributed by atoms with Crippen LogP contribution in [0.25, 0.3) is 10.2 Å². The van der Waals surface area contributed by atoms with Gasteiger partial charge in [-0.05, 0) is 50.6 Å². The predicted octanol–water partition coefficient (Wildman–Crippen LogP) is 3.67. The van der Waals surface area contributed by atoms with Crippen LogP contribution in [0, 0.1) is 12.7 Å². The summed E-state index contributed by atoms with van der Waals surface area (Å²) >= 11 is 1.50. The molecular weight excluding hydrogens is 341 g/mol. The number of fused-ring (bicyclic) bond motifs is 1. The van der Waals surface area contributed by atoms with Gasteiger partial charge in [0.05, 0.1) is 5.39 Å². The maximum Gasteiger partial charge on any atom is 0.263 e. The lowest BCUT2D eigenvalue weighted by atomic mass is 10.2. The molecule has 0 radical (unpaired) electrons. The van der Waals surface area contributed by atoms with Crippen LogP contribution in [-0.4, -0.2) is 15.5 Å². The number of anilines is 1. The van der Waals surface area contributed by atoms with Gasteiger partial charge in [-0.1, -0.05) is 6.92 Å². The minimum absolute atomic E-state index is 0.222. The first-order valence-corrected chi connectivity index (χ1v) is 8.80. The highest BCUT2D eigenvalue weighted by molar-refractivity contribution is 7.18. The first-order valence-electron chi connectivity index (χ1n) is 7.98. The molecule has 0 fully saturated rings. The fourth-order valence-electron chi connectivity index (χ4n) is 2.67. The van der Waals surface area contributed by atoms with Crippen LogP contribution in [0.5, 0.6) is 0 Å². The second-order valence-electron chi connectivity index (χ2n) is 5.79. The van der Waals surface area contributed by atoms with E-state index in [1.54, 1.807) is 13.8 Å². The van der Waals surface area contributed by atoms with Gasteiger partial charge < -0.3 is 5.32 Å². The maximum atomic E-state index is 13.0. The quantitative estimate of drug-likeness (QED) is 0.773. The van der Waals surface area contributed by atoms with Crippen molar-refractivity contribution < 1.29 is 9.18 Å². The molecule has 7 heteroatoms. The first-order chi connectivity index (χ1) is 11.9. The number of thiophene rings is 1. The summed E-state index contributed by atoms with van der Waals surface area (Å²) in [6, 6.07) is 6.59. The van der Waals surface area contributed by atoms with Gasteiger partial charge in [0.1, 0.15) is 22.5 Å². The van der Waals surface area contributed by atoms with E-state index in [0.717, 1.165) is 11.3 Å². The van der Waals surface area contributed by atoms with E-state index in [1.807, 2.05) is 13.0 Å². The molecule has 1 aromatic carbocycles. The highest BCUT2D eigenvalue weighted by Crippen LogP contribution is 2.23. The van der Waals surface area contributed by atoms with Gasteiger partial charge in [0, 0.05) is 10.6 Å². The number of aromatic nitrogens is 2. The highest BCUT2D eigenvalue weighted by atomic mass is 32.1. The largest absolute Gasteiger partial charge is 0.324 e. The Kier molecular flexibility index (Phi) is 4.67. The fourth-order valence-corrected chi connectivity index (χ4v) is 3.68. The number of carbonyl (C=O) groups excluding carboxylic acids is 1. The molecule has 25 heavy (non-hydrogen) atoms. The number of aryl methyl sites for hydroxylation is 2. The zero-order valence-electron chi connectivity index (χ0n) is 14.2. The van der Waals surface area contributed by atoms with Crippen LogP contribution in [0.2, 0.25) is 0 Å². The Hall–Kier alpha value is -2.54. The second-order valence-corrected chi connectivity index (χ2v) is 6.91. The minimum atomic E-state index is -0.737. The molecule has 1 amide bonds. The van der Waals surface area contributed by atoms with Gasteiger partial charge in [0.25, 0.3) is 5.56 Å². The summed E-state index contributed by atoms with van der Waals surface area (Å²) in [5.41, 5.74) is 0.252. The monoisotopic (exact) mass is 359 g/mol. The van der Waals surface area contributed by atoms with Gasteiger partial charge in [0.2, 0.25) is 5.91 Å². The highest BCUT2D eigenvalue weighted by Gasteiger charge is 2.21. The van der Waals surface area contributed by atoms with Gasteiger partial charge in [-0.25, -0.2) is 9.37 Å². The van der Waals surface area contributed by atoms with Gasteiger partial charge in [-0.15, -0.1) is 11.3 Å². The zero-order chi connectivity index (χ0) is 18.1. The zero-order valence-corrected chi connectivity index (χ0v) is 15.0. The summed E-state index contributed by atoms with van der Waals surface area (Å²) in [5, 5.41) is 3.23. The number of carbonyl (C=O) groups is 1. The predicted molar refractivity (Wildman–Crippen MR) is 97.7 cm³/mol. The van der Waals surface area contributed by atoms with Crippen molar-refractivity contribution in [2.75, 3.05) is 5.32 Å². The van der Waals surface area contributed by atoms with Crippen LogP contribution in [-0.2, 0) is 11.2 Å². The van der Waals surface area contributed by atoms with Crippen molar-refractivity contribution in [2.45, 2.75) is 33.2 Å². The van der Waals surface area contributed by atoms with Crippen molar-refractivity contribution in [3.63, 3.8) is 0 Å². The number of hydrogen-bond acceptors (Lipinski definition) is 4. The van der Waals surface area contributed by atoms with E-state index in [9.17, 15) is 14.0 Å². The number of benzene rings is 1. The van der Waals surface area contributed by atoms with Crippen LogP contribution in [0.3, 0.4) is 0 Å². The molecule has 0 spiro atoms. The van der Waals surface area contributed by atoms with E-state index in [-0.39, 0.29) is 17.3 Å². The number of rotatable bonds is 4. The molecule has 0 aliphatic carbocycles. The summed E-state index contributed by atoms with van der Waals surface area (Å²) in [5.74, 6) is -0.246. The van der Waals surface area contributed by atoms with E-state index >= 15 is 0 Å². The van der Waals surface area contributed by atoms with Crippen molar-refractivity contribution in [3.8, 4) is 0 Å². The second kappa shape index (κ2) is 6.76. The van der Waals surface area contributed by atoms with E-state index in [1.165, 1.54) is 40.2 Å². The van der Waals surface area contributed by atoms with Crippen LogP contribution >= 0.6 is 11.3 Å². The normalized spacial score (nSPS) is 12.3. The first kappa shape index (κ1) is 17.3. The average molecular weight is 359 g/mol. The van der Waals surface area contributed by atoms with Gasteiger partial charge >= 0.3 is 0 Å². The third kappa shape index (κ3) is 3.32. The molecule has 3 rings (SSSR count). The van der Waals surface area contributed by atoms with E-state index in [4.69, 9.17) is 0 Å². The lowest BCUT2D eigenvalue weighted by molar-refractivity contribution is -0.118. The van der Waals surface area contributed by atoms with Crippen molar-refractivity contribution in [3.05, 3.63) is 57.2 Å². The van der Waals surface area contributed by atoms with Gasteiger partial charge in [-0.2, -0.15) is 0 Å². The fraction of sp³-hybridized carbons (Fsp3) is 0.278. The number of nitrogens with zero attached hydrogens (tertiary/aromatic N) is 2. The molecule has 1 atom stereocenters. The number of hydrogen-bond donors (Lipinski definition) is 1. The molecular formula is C18H18FN3O2S. The minimum Gasteiger partial charge on any atom is -0.324 e. The maximum absolute atomic E-state index is 13.0. The Labute approximate surface area is 148 Å². The standard InChI is InChI=1S/C18H18FN3O2S/c1-4-14-9-15-17(25-14)20-11(3)22(18(15)24)10(2)16(23)21-13-7-5-12(19)6-8-13/h5-10H,4H2,1-3H3,(H,21,23). The molecule has 130 valence electrons. The molecule has 5 nitrogen and oxygen atoms in total. The Bertz CT molecular complexity index is 992. The Balaban J connectivity index is 1.95. The average Bonchev–Trinajstić information content (AvgIpc) is 3.00. The molecule has 0 aliphatic rings. The number of amides is 1. The number of halogens is 1. The lowest BCUT2D eigenvalue weighted by Crippen LogP contribution is -2.33. The van der Waals surface area contributed by atoms with Crippen molar-refractivity contribution in [1.82, 2.24) is 9.55 Å². The Morgan fingerprint density at radius 1 is 1.36 bits per heavy atom. The van der Waals surface area contributed by atoms with E-state index < -0.39 is 6.04 Å². The Morgan fingerprint density at radius 3 is 2.68 bits per heavy atom. The topological polar surface area (TPSA) is 64.0 Å². The molecule has 1 unspecified atom stereocenters. The molecule has 0 aliphatic heterocycles. The van der Waals surface area contributed by atoms with Crippen molar-refractivity contribution >= 4 is 33.1 Å². The van der Waals surface area contributed by atoms with Crippen molar-refractivity contribution in [1.29, 1.82) is 0 Å². The smallest absolute Gasteiger partial charge is 0.263 e. The molecule has 0 saturated carbocycles. The lowest BCUT2D eigenvalue weighted by Gasteiger charge is -2.17. The summed E-state index contributed by atoms with van der Waals surface area (Å²) in [6.45, 7) is 5.39. The van der Waals surface area contributed by atoms with Crippen LogP contribution in [0.4, 0.5) is 10.1 Å².